The summed E-state index contributed by atoms with van der Waals surface area (Å²) in [6.45, 7) is 3.90. The zero-order valence-electron chi connectivity index (χ0n) is 17.2. The van der Waals surface area contributed by atoms with Crippen molar-refractivity contribution in [2.24, 2.45) is 0 Å². The fourth-order valence-corrected chi connectivity index (χ4v) is 4.36. The molecule has 0 aromatic heterocycles. The van der Waals surface area contributed by atoms with Crippen LogP contribution in [0.1, 0.15) is 39.5 Å². The van der Waals surface area contributed by atoms with E-state index >= 15 is 0 Å². The standard InChI is InChI=1S/C18H30N4O6S2/c1-3-5-10-19-17(23)13-21-29(25,26)15-8-7-9-16(12-15)30(27,28)22-14-18(24)20-11-6-4-2/h7-9,12,21-22H,3-6,10-11,13-14H2,1-2H3,(H,19,23)(H,20,24). The average Bonchev–Trinajstić information content (AvgIpc) is 2.71. The van der Waals surface area contributed by atoms with Crippen LogP contribution in [-0.4, -0.2) is 54.8 Å². The maximum absolute atomic E-state index is 12.4. The molecule has 4 N–H and O–H groups in total. The Balaban J connectivity index is 2.75. The third-order valence-electron chi connectivity index (χ3n) is 3.98. The van der Waals surface area contributed by atoms with Crippen molar-refractivity contribution in [3.63, 3.8) is 0 Å². The SMILES string of the molecule is CCCCNC(=O)CNS(=O)(=O)c1cccc(S(=O)(=O)NCC(=O)NCCCC)c1. The number of unbranched alkanes of at least 4 members (excludes halogenated alkanes) is 2. The fourth-order valence-electron chi connectivity index (χ4n) is 2.23. The van der Waals surface area contributed by atoms with Crippen molar-refractivity contribution >= 4 is 31.9 Å². The van der Waals surface area contributed by atoms with Gasteiger partial charge in [-0.05, 0) is 31.0 Å². The van der Waals surface area contributed by atoms with Gasteiger partial charge in [0.25, 0.3) is 0 Å². The van der Waals surface area contributed by atoms with Crippen molar-refractivity contribution in [2.45, 2.75) is 49.3 Å². The molecule has 1 rings (SSSR count). The third kappa shape index (κ3) is 9.20. The number of sulfonamides is 2. The van der Waals surface area contributed by atoms with E-state index in [-0.39, 0.29) is 9.79 Å². The van der Waals surface area contributed by atoms with E-state index in [2.05, 4.69) is 20.1 Å². The number of nitrogens with one attached hydrogen (secondary N) is 4. The van der Waals surface area contributed by atoms with Crippen LogP contribution in [0, 0.1) is 0 Å². The van der Waals surface area contributed by atoms with E-state index in [1.807, 2.05) is 13.8 Å². The average molecular weight is 463 g/mol. The summed E-state index contributed by atoms with van der Waals surface area (Å²) in [4.78, 5) is 22.8. The van der Waals surface area contributed by atoms with Gasteiger partial charge in [-0.2, -0.15) is 0 Å². The summed E-state index contributed by atoms with van der Waals surface area (Å²) in [5.41, 5.74) is 0. The van der Waals surface area contributed by atoms with Gasteiger partial charge in [0.05, 0.1) is 22.9 Å². The summed E-state index contributed by atoms with van der Waals surface area (Å²) in [6, 6.07) is 4.67. The van der Waals surface area contributed by atoms with Gasteiger partial charge in [0, 0.05) is 13.1 Å². The highest BCUT2D eigenvalue weighted by Crippen LogP contribution is 2.15. The Kier molecular flexibility index (Phi) is 10.9. The molecule has 170 valence electrons. The quantitative estimate of drug-likeness (QED) is 0.287. The van der Waals surface area contributed by atoms with Crippen LogP contribution in [0.5, 0.6) is 0 Å². The molecule has 12 heteroatoms. The summed E-state index contributed by atoms with van der Waals surface area (Å²) in [5, 5.41) is 5.16. The molecule has 10 nitrogen and oxygen atoms in total. The van der Waals surface area contributed by atoms with Crippen LogP contribution < -0.4 is 20.1 Å². The summed E-state index contributed by atoms with van der Waals surface area (Å²) >= 11 is 0. The highest BCUT2D eigenvalue weighted by molar-refractivity contribution is 7.90. The van der Waals surface area contributed by atoms with Crippen molar-refractivity contribution in [1.82, 2.24) is 20.1 Å². The van der Waals surface area contributed by atoms with E-state index in [0.717, 1.165) is 31.7 Å². The molecule has 0 saturated heterocycles. The van der Waals surface area contributed by atoms with Crippen molar-refractivity contribution < 1.29 is 26.4 Å². The van der Waals surface area contributed by atoms with Crippen LogP contribution >= 0.6 is 0 Å². The number of carbonyl (C=O) groups excluding carboxylic acids is 2. The number of amides is 2. The Morgan fingerprint density at radius 3 is 1.53 bits per heavy atom. The molecule has 0 bridgehead atoms. The molecule has 0 atom stereocenters. The van der Waals surface area contributed by atoms with Gasteiger partial charge in [0.15, 0.2) is 0 Å². The molecule has 0 radical (unpaired) electrons. The molecule has 30 heavy (non-hydrogen) atoms. The van der Waals surface area contributed by atoms with Crippen molar-refractivity contribution in [2.75, 3.05) is 26.2 Å². The highest BCUT2D eigenvalue weighted by atomic mass is 32.2. The van der Waals surface area contributed by atoms with Crippen LogP contribution in [0.15, 0.2) is 34.1 Å². The predicted octanol–water partition coefficient (Wildman–Crippen LogP) is 0.0758. The first-order valence-corrected chi connectivity index (χ1v) is 12.7. The fraction of sp³-hybridized carbons (Fsp3) is 0.556. The largest absolute Gasteiger partial charge is 0.355 e. The highest BCUT2D eigenvalue weighted by Gasteiger charge is 2.20. The molecule has 0 saturated carbocycles. The lowest BCUT2D eigenvalue weighted by molar-refractivity contribution is -0.120. The molecule has 0 aliphatic heterocycles. The second kappa shape index (κ2) is 12.6. The van der Waals surface area contributed by atoms with Gasteiger partial charge < -0.3 is 10.6 Å². The number of benzene rings is 1. The Bertz CT molecular complexity index is 845. The molecular formula is C18H30N4O6S2. The second-order valence-electron chi connectivity index (χ2n) is 6.53. The normalized spacial score (nSPS) is 11.8. The van der Waals surface area contributed by atoms with Crippen LogP contribution in [-0.2, 0) is 29.6 Å². The minimum absolute atomic E-state index is 0.306. The van der Waals surface area contributed by atoms with E-state index in [4.69, 9.17) is 0 Å². The molecule has 2 amide bonds. The van der Waals surface area contributed by atoms with E-state index < -0.39 is 45.0 Å². The topological polar surface area (TPSA) is 151 Å². The summed E-state index contributed by atoms with van der Waals surface area (Å²) < 4.78 is 53.8. The number of carbonyl (C=O) groups is 2. The number of hydrogen-bond donors (Lipinski definition) is 4. The lowest BCUT2D eigenvalue weighted by Gasteiger charge is -2.10. The molecule has 0 aliphatic carbocycles. The monoisotopic (exact) mass is 462 g/mol. The number of hydrogen-bond acceptors (Lipinski definition) is 6. The van der Waals surface area contributed by atoms with Gasteiger partial charge >= 0.3 is 0 Å². The van der Waals surface area contributed by atoms with Crippen molar-refractivity contribution in [1.29, 1.82) is 0 Å². The minimum Gasteiger partial charge on any atom is -0.355 e. The molecule has 0 heterocycles. The predicted molar refractivity (Wildman–Crippen MR) is 113 cm³/mol. The molecule has 0 unspecified atom stereocenters. The lowest BCUT2D eigenvalue weighted by Crippen LogP contribution is -2.38. The molecule has 1 aromatic rings. The van der Waals surface area contributed by atoms with Crippen molar-refractivity contribution in [3.05, 3.63) is 24.3 Å². The second-order valence-corrected chi connectivity index (χ2v) is 10.1. The maximum Gasteiger partial charge on any atom is 0.241 e. The lowest BCUT2D eigenvalue weighted by atomic mass is 10.3. The summed E-state index contributed by atoms with van der Waals surface area (Å²) in [7, 11) is -8.19. The Morgan fingerprint density at radius 2 is 1.17 bits per heavy atom. The van der Waals surface area contributed by atoms with Crippen LogP contribution in [0.4, 0.5) is 0 Å². The summed E-state index contributed by atoms with van der Waals surface area (Å²) in [5.74, 6) is -0.960. The molecular weight excluding hydrogens is 432 g/mol. The first-order valence-electron chi connectivity index (χ1n) is 9.75. The van der Waals surface area contributed by atoms with Gasteiger partial charge in [-0.25, -0.2) is 26.3 Å². The van der Waals surface area contributed by atoms with E-state index in [0.29, 0.717) is 13.1 Å². The Morgan fingerprint density at radius 1 is 0.767 bits per heavy atom. The van der Waals surface area contributed by atoms with Crippen LogP contribution in [0.2, 0.25) is 0 Å². The van der Waals surface area contributed by atoms with Gasteiger partial charge in [-0.3, -0.25) is 9.59 Å². The maximum atomic E-state index is 12.4. The van der Waals surface area contributed by atoms with Gasteiger partial charge in [0.1, 0.15) is 0 Å². The first-order chi connectivity index (χ1) is 14.1. The minimum atomic E-state index is -4.10. The van der Waals surface area contributed by atoms with Crippen LogP contribution in [0.3, 0.4) is 0 Å². The number of rotatable bonds is 14. The van der Waals surface area contributed by atoms with Gasteiger partial charge in [-0.1, -0.05) is 32.8 Å². The zero-order chi connectivity index (χ0) is 22.6. The Hall–Kier alpha value is -2.02. The first kappa shape index (κ1) is 26.0. The van der Waals surface area contributed by atoms with E-state index in [1.54, 1.807) is 0 Å². The molecule has 0 spiro atoms. The zero-order valence-corrected chi connectivity index (χ0v) is 18.9. The van der Waals surface area contributed by atoms with Crippen molar-refractivity contribution in [3.8, 4) is 0 Å². The van der Waals surface area contributed by atoms with Gasteiger partial charge in [-0.15, -0.1) is 0 Å². The molecule has 0 fully saturated rings. The van der Waals surface area contributed by atoms with E-state index in [1.165, 1.54) is 18.2 Å². The smallest absolute Gasteiger partial charge is 0.241 e. The van der Waals surface area contributed by atoms with Crippen LogP contribution in [0.25, 0.3) is 0 Å². The molecule has 1 aromatic carbocycles. The Labute approximate surface area is 178 Å². The van der Waals surface area contributed by atoms with E-state index in [9.17, 15) is 26.4 Å². The molecule has 0 aliphatic rings. The van der Waals surface area contributed by atoms with Gasteiger partial charge in [0.2, 0.25) is 31.9 Å². The third-order valence-corrected chi connectivity index (χ3v) is 6.77. The summed E-state index contributed by atoms with van der Waals surface area (Å²) in [6.07, 6.45) is 3.34.